The minimum Gasteiger partial charge on any atom is -0.872 e. The van der Waals surface area contributed by atoms with E-state index in [0.29, 0.717) is 0 Å². The fraction of sp³-hybridized carbons (Fsp3) is 0. The summed E-state index contributed by atoms with van der Waals surface area (Å²) in [7, 11) is 0. The zero-order valence-electron chi connectivity index (χ0n) is 4.40. The molecule has 0 radical (unpaired) electrons. The summed E-state index contributed by atoms with van der Waals surface area (Å²) in [6, 6.07) is 5.08. The summed E-state index contributed by atoms with van der Waals surface area (Å²) >= 11 is 5.26. The standard InChI is InChI=1S/C6H4BrIO/c7-4-1-2-6(9)5(8)3-4/h1-3,9H/p-1. The van der Waals surface area contributed by atoms with Crippen molar-refractivity contribution < 1.29 is 5.11 Å². The lowest BCUT2D eigenvalue weighted by molar-refractivity contribution is -0.269. The van der Waals surface area contributed by atoms with E-state index in [1.165, 1.54) is 0 Å². The normalized spacial score (nSPS) is 9.56. The van der Waals surface area contributed by atoms with Gasteiger partial charge in [0, 0.05) is 8.04 Å². The second-order valence-corrected chi connectivity index (χ2v) is 3.65. The SMILES string of the molecule is [O-]c1ccc(Br)cc1I. The van der Waals surface area contributed by atoms with Crippen LogP contribution in [0.1, 0.15) is 0 Å². The largest absolute Gasteiger partial charge is 0.872 e. The van der Waals surface area contributed by atoms with Crippen LogP contribution in [0.4, 0.5) is 0 Å². The zero-order valence-corrected chi connectivity index (χ0v) is 8.14. The van der Waals surface area contributed by atoms with Crippen molar-refractivity contribution in [2.45, 2.75) is 0 Å². The third-order valence-corrected chi connectivity index (χ3v) is 2.23. The average Bonchev–Trinajstić information content (AvgIpc) is 1.80. The van der Waals surface area contributed by atoms with Crippen LogP contribution in [0.5, 0.6) is 5.75 Å². The number of hydrogen-bond acceptors (Lipinski definition) is 1. The molecule has 0 atom stereocenters. The highest BCUT2D eigenvalue weighted by atomic mass is 127. The lowest BCUT2D eigenvalue weighted by Gasteiger charge is -2.06. The van der Waals surface area contributed by atoms with Crippen molar-refractivity contribution in [2.24, 2.45) is 0 Å². The first kappa shape index (κ1) is 7.34. The van der Waals surface area contributed by atoms with E-state index < -0.39 is 0 Å². The molecule has 3 heteroatoms. The predicted octanol–water partition coefficient (Wildman–Crippen LogP) is 2.13. The Labute approximate surface area is 75.4 Å². The molecule has 1 rings (SSSR count). The molecule has 0 aromatic heterocycles. The Balaban J connectivity index is 3.17. The fourth-order valence-corrected chi connectivity index (χ4v) is 1.78. The predicted molar refractivity (Wildman–Crippen MR) is 46.3 cm³/mol. The molecule has 0 aliphatic heterocycles. The molecule has 1 aromatic carbocycles. The molecule has 0 aliphatic carbocycles. The molecule has 0 heterocycles. The summed E-state index contributed by atoms with van der Waals surface area (Å²) in [5.41, 5.74) is 0. The maximum absolute atomic E-state index is 10.7. The van der Waals surface area contributed by atoms with Gasteiger partial charge in [0.25, 0.3) is 0 Å². The van der Waals surface area contributed by atoms with Crippen molar-refractivity contribution in [3.05, 3.63) is 26.2 Å². The van der Waals surface area contributed by atoms with Gasteiger partial charge < -0.3 is 5.11 Å². The van der Waals surface area contributed by atoms with Crippen molar-refractivity contribution in [1.29, 1.82) is 0 Å². The van der Waals surface area contributed by atoms with Gasteiger partial charge in [-0.1, -0.05) is 27.7 Å². The van der Waals surface area contributed by atoms with Crippen molar-refractivity contribution in [3.8, 4) is 5.75 Å². The van der Waals surface area contributed by atoms with E-state index in [1.54, 1.807) is 18.2 Å². The minimum absolute atomic E-state index is 0.0822. The van der Waals surface area contributed by atoms with Crippen molar-refractivity contribution in [3.63, 3.8) is 0 Å². The monoisotopic (exact) mass is 297 g/mol. The van der Waals surface area contributed by atoms with Crippen LogP contribution in [0, 0.1) is 3.57 Å². The van der Waals surface area contributed by atoms with E-state index in [2.05, 4.69) is 15.9 Å². The molecule has 0 spiro atoms. The van der Waals surface area contributed by atoms with Gasteiger partial charge in [-0.25, -0.2) is 0 Å². The lowest BCUT2D eigenvalue weighted by atomic mass is 10.3. The van der Waals surface area contributed by atoms with E-state index in [4.69, 9.17) is 0 Å². The van der Waals surface area contributed by atoms with E-state index in [0.717, 1.165) is 8.04 Å². The van der Waals surface area contributed by atoms with E-state index >= 15 is 0 Å². The molecule has 0 amide bonds. The Kier molecular flexibility index (Phi) is 2.35. The van der Waals surface area contributed by atoms with Gasteiger partial charge >= 0.3 is 0 Å². The molecule has 1 nitrogen and oxygen atoms in total. The molecule has 9 heavy (non-hydrogen) atoms. The first-order valence-corrected chi connectivity index (χ1v) is 4.19. The molecule has 0 fully saturated rings. The summed E-state index contributed by atoms with van der Waals surface area (Å²) in [4.78, 5) is 0. The van der Waals surface area contributed by atoms with Crippen molar-refractivity contribution in [1.82, 2.24) is 0 Å². The summed E-state index contributed by atoms with van der Waals surface area (Å²) in [5.74, 6) is 0.0822. The van der Waals surface area contributed by atoms with Crippen LogP contribution < -0.4 is 5.11 Å². The van der Waals surface area contributed by atoms with Crippen LogP contribution in [-0.2, 0) is 0 Å². The zero-order chi connectivity index (χ0) is 6.85. The van der Waals surface area contributed by atoms with Crippen molar-refractivity contribution in [2.75, 3.05) is 0 Å². The molecule has 0 N–H and O–H groups in total. The number of hydrogen-bond donors (Lipinski definition) is 0. The van der Waals surface area contributed by atoms with Gasteiger partial charge in [-0.3, -0.25) is 0 Å². The highest BCUT2D eigenvalue weighted by Gasteiger charge is 1.87. The number of rotatable bonds is 0. The Hall–Kier alpha value is 0.230. The van der Waals surface area contributed by atoms with E-state index in [9.17, 15) is 5.11 Å². The second-order valence-electron chi connectivity index (χ2n) is 1.57. The van der Waals surface area contributed by atoms with Crippen molar-refractivity contribution >= 4 is 38.5 Å². The van der Waals surface area contributed by atoms with Gasteiger partial charge in [0.05, 0.1) is 0 Å². The summed E-state index contributed by atoms with van der Waals surface area (Å²) in [5, 5.41) is 10.7. The summed E-state index contributed by atoms with van der Waals surface area (Å²) in [6.45, 7) is 0. The second kappa shape index (κ2) is 2.88. The molecule has 0 unspecified atom stereocenters. The Bertz CT molecular complexity index is 224. The molecular formula is C6H3BrIO-. The van der Waals surface area contributed by atoms with E-state index in [-0.39, 0.29) is 5.75 Å². The van der Waals surface area contributed by atoms with Gasteiger partial charge in [0.2, 0.25) is 0 Å². The number of benzene rings is 1. The highest BCUT2D eigenvalue weighted by Crippen LogP contribution is 2.20. The minimum atomic E-state index is 0.0822. The van der Waals surface area contributed by atoms with E-state index in [1.807, 2.05) is 22.6 Å². The molecule has 1 aromatic rings. The third kappa shape index (κ3) is 1.82. The molecule has 0 saturated carbocycles. The first-order chi connectivity index (χ1) is 4.20. The first-order valence-electron chi connectivity index (χ1n) is 2.32. The lowest BCUT2D eigenvalue weighted by Crippen LogP contribution is -1.91. The van der Waals surface area contributed by atoms with Crippen LogP contribution in [-0.4, -0.2) is 0 Å². The molecular weight excluding hydrogens is 295 g/mol. The van der Waals surface area contributed by atoms with Crippen LogP contribution >= 0.6 is 38.5 Å². The average molecular weight is 298 g/mol. The molecule has 48 valence electrons. The maximum atomic E-state index is 10.7. The smallest absolute Gasteiger partial charge is 0.0185 e. The topological polar surface area (TPSA) is 23.1 Å². The summed E-state index contributed by atoms with van der Waals surface area (Å²) in [6.07, 6.45) is 0. The van der Waals surface area contributed by atoms with Crippen LogP contribution in [0.3, 0.4) is 0 Å². The number of halogens is 2. The molecule has 0 bridgehead atoms. The third-order valence-electron chi connectivity index (χ3n) is 0.894. The maximum Gasteiger partial charge on any atom is 0.0185 e. The Morgan fingerprint density at radius 2 is 2.11 bits per heavy atom. The fourth-order valence-electron chi connectivity index (χ4n) is 0.475. The van der Waals surface area contributed by atoms with Gasteiger partial charge in [0.1, 0.15) is 0 Å². The Morgan fingerprint density at radius 1 is 1.44 bits per heavy atom. The Morgan fingerprint density at radius 3 is 2.56 bits per heavy atom. The molecule has 0 aliphatic rings. The summed E-state index contributed by atoms with van der Waals surface area (Å²) < 4.78 is 1.70. The highest BCUT2D eigenvalue weighted by molar-refractivity contribution is 14.1. The van der Waals surface area contributed by atoms with Gasteiger partial charge in [-0.15, -0.1) is 0 Å². The van der Waals surface area contributed by atoms with Crippen LogP contribution in [0.2, 0.25) is 0 Å². The van der Waals surface area contributed by atoms with Gasteiger partial charge in [-0.2, -0.15) is 0 Å². The van der Waals surface area contributed by atoms with Gasteiger partial charge in [-0.05, 0) is 34.7 Å². The van der Waals surface area contributed by atoms with Crippen LogP contribution in [0.25, 0.3) is 0 Å². The van der Waals surface area contributed by atoms with Gasteiger partial charge in [0.15, 0.2) is 0 Å². The quantitative estimate of drug-likeness (QED) is 0.673. The molecule has 0 saturated heterocycles. The van der Waals surface area contributed by atoms with Crippen LogP contribution in [0.15, 0.2) is 22.7 Å².